The van der Waals surface area contributed by atoms with Crippen molar-refractivity contribution < 1.29 is 14.3 Å². The van der Waals surface area contributed by atoms with Crippen LogP contribution in [0.1, 0.15) is 12.0 Å². The number of carbonyl (C=O) groups is 2. The summed E-state index contributed by atoms with van der Waals surface area (Å²) in [4.78, 5) is 25.9. The first-order chi connectivity index (χ1) is 11.0. The molecule has 1 heterocycles. The average Bonchev–Trinajstić information content (AvgIpc) is 2.51. The molecule has 1 aliphatic rings. The third-order valence-electron chi connectivity index (χ3n) is 3.64. The highest BCUT2D eigenvalue weighted by Gasteiger charge is 2.13. The van der Waals surface area contributed by atoms with Crippen molar-refractivity contribution in [1.82, 2.24) is 10.2 Å². The zero-order valence-electron chi connectivity index (χ0n) is 13.2. The molecule has 1 fully saturated rings. The van der Waals surface area contributed by atoms with Gasteiger partial charge in [0, 0.05) is 36.9 Å². The maximum Gasteiger partial charge on any atom is 0.233 e. The number of ether oxygens (including phenoxy) is 1. The van der Waals surface area contributed by atoms with E-state index < -0.39 is 0 Å². The van der Waals surface area contributed by atoms with Crippen LogP contribution in [-0.4, -0.2) is 56.1 Å². The van der Waals surface area contributed by atoms with E-state index >= 15 is 0 Å². The lowest BCUT2D eigenvalue weighted by molar-refractivity contribution is -0.126. The molecule has 1 aliphatic heterocycles. The summed E-state index contributed by atoms with van der Waals surface area (Å²) in [6.45, 7) is 6.38. The van der Waals surface area contributed by atoms with Gasteiger partial charge in [-0.15, -0.1) is 0 Å². The molecule has 0 saturated carbocycles. The molecule has 0 atom stereocenters. The molecule has 6 nitrogen and oxygen atoms in total. The van der Waals surface area contributed by atoms with E-state index in [1.807, 2.05) is 6.92 Å². The number of morpholine rings is 1. The van der Waals surface area contributed by atoms with Gasteiger partial charge in [0.05, 0.1) is 13.2 Å². The van der Waals surface area contributed by atoms with Crippen LogP contribution in [0.3, 0.4) is 0 Å². The average molecular weight is 340 g/mol. The second-order valence-electron chi connectivity index (χ2n) is 5.49. The molecule has 23 heavy (non-hydrogen) atoms. The smallest absolute Gasteiger partial charge is 0.233 e. The molecular weight excluding hydrogens is 318 g/mol. The maximum absolute atomic E-state index is 11.9. The molecular formula is C16H22ClN3O3. The number of anilines is 1. The lowest BCUT2D eigenvalue weighted by Crippen LogP contribution is -2.41. The predicted molar refractivity (Wildman–Crippen MR) is 89.7 cm³/mol. The second kappa shape index (κ2) is 8.86. The molecule has 0 unspecified atom stereocenters. The van der Waals surface area contributed by atoms with Gasteiger partial charge in [-0.1, -0.05) is 11.6 Å². The summed E-state index contributed by atoms with van der Waals surface area (Å²) in [5.41, 5.74) is 1.53. The summed E-state index contributed by atoms with van der Waals surface area (Å²) < 4.78 is 5.26. The molecule has 1 aromatic carbocycles. The maximum atomic E-state index is 11.9. The topological polar surface area (TPSA) is 70.7 Å². The van der Waals surface area contributed by atoms with Crippen LogP contribution in [-0.2, 0) is 14.3 Å². The Kier molecular flexibility index (Phi) is 6.83. The summed E-state index contributed by atoms with van der Waals surface area (Å²) >= 11 is 5.87. The van der Waals surface area contributed by atoms with Crippen molar-refractivity contribution in [2.45, 2.75) is 13.3 Å². The van der Waals surface area contributed by atoms with E-state index in [0.29, 0.717) is 17.3 Å². The summed E-state index contributed by atoms with van der Waals surface area (Å²) in [7, 11) is 0. The number of nitrogens with zero attached hydrogens (tertiary/aromatic N) is 1. The zero-order chi connectivity index (χ0) is 16.7. The van der Waals surface area contributed by atoms with Crippen LogP contribution >= 0.6 is 11.6 Å². The minimum atomic E-state index is -0.334. The number of amides is 2. The summed E-state index contributed by atoms with van der Waals surface area (Å²) in [6, 6.07) is 5.19. The largest absolute Gasteiger partial charge is 0.379 e. The molecule has 1 saturated heterocycles. The van der Waals surface area contributed by atoms with E-state index in [0.717, 1.165) is 38.4 Å². The Balaban J connectivity index is 1.68. The van der Waals surface area contributed by atoms with E-state index in [2.05, 4.69) is 15.5 Å². The Morgan fingerprint density at radius 1 is 1.26 bits per heavy atom. The molecule has 2 rings (SSSR count). The molecule has 7 heteroatoms. The number of aryl methyl sites for hydroxylation is 1. The number of carbonyl (C=O) groups excluding carboxylic acids is 2. The number of nitrogens with one attached hydrogen (secondary N) is 2. The second-order valence-corrected chi connectivity index (χ2v) is 5.92. The summed E-state index contributed by atoms with van der Waals surface area (Å²) in [5, 5.41) is 6.10. The van der Waals surface area contributed by atoms with Crippen molar-refractivity contribution in [3.05, 3.63) is 28.8 Å². The van der Waals surface area contributed by atoms with Gasteiger partial charge in [0.2, 0.25) is 11.8 Å². The van der Waals surface area contributed by atoms with Gasteiger partial charge in [-0.25, -0.2) is 0 Å². The van der Waals surface area contributed by atoms with Crippen LogP contribution in [0.4, 0.5) is 5.69 Å². The van der Waals surface area contributed by atoms with Gasteiger partial charge in [-0.3, -0.25) is 14.5 Å². The molecule has 0 bridgehead atoms. The first-order valence-electron chi connectivity index (χ1n) is 7.67. The molecule has 2 N–H and O–H groups in total. The number of hydrogen-bond acceptors (Lipinski definition) is 4. The third-order valence-corrected chi connectivity index (χ3v) is 3.87. The van der Waals surface area contributed by atoms with E-state index in [4.69, 9.17) is 16.3 Å². The normalized spacial score (nSPS) is 15.2. The van der Waals surface area contributed by atoms with Gasteiger partial charge in [0.1, 0.15) is 6.42 Å². The number of hydrogen-bond donors (Lipinski definition) is 2. The number of benzene rings is 1. The Hall–Kier alpha value is -1.63. The summed E-state index contributed by atoms with van der Waals surface area (Å²) in [6.07, 6.45) is -0.189. The van der Waals surface area contributed by atoms with Crippen LogP contribution in [0, 0.1) is 6.92 Å². The fourth-order valence-electron chi connectivity index (χ4n) is 2.35. The summed E-state index contributed by atoms with van der Waals surface area (Å²) in [5.74, 6) is -0.610. The van der Waals surface area contributed by atoms with Gasteiger partial charge < -0.3 is 15.4 Å². The van der Waals surface area contributed by atoms with Crippen LogP contribution < -0.4 is 10.6 Å². The van der Waals surface area contributed by atoms with E-state index in [1.165, 1.54) is 0 Å². The Bertz CT molecular complexity index is 560. The predicted octanol–water partition coefficient (Wildman–Crippen LogP) is 1.43. The van der Waals surface area contributed by atoms with E-state index in [9.17, 15) is 9.59 Å². The van der Waals surface area contributed by atoms with Crippen molar-refractivity contribution in [3.8, 4) is 0 Å². The van der Waals surface area contributed by atoms with Gasteiger partial charge in [-0.2, -0.15) is 0 Å². The van der Waals surface area contributed by atoms with Gasteiger partial charge in [0.15, 0.2) is 0 Å². The Morgan fingerprint density at radius 2 is 2.00 bits per heavy atom. The molecule has 0 radical (unpaired) electrons. The number of halogens is 1. The van der Waals surface area contributed by atoms with Crippen molar-refractivity contribution in [3.63, 3.8) is 0 Å². The first-order valence-corrected chi connectivity index (χ1v) is 8.05. The Morgan fingerprint density at radius 3 is 2.70 bits per heavy atom. The lowest BCUT2D eigenvalue weighted by Gasteiger charge is -2.26. The lowest BCUT2D eigenvalue weighted by atomic mass is 10.2. The SMILES string of the molecule is Cc1cc(Cl)ccc1NC(=O)CC(=O)NCCN1CCOCC1. The molecule has 2 amide bonds. The van der Waals surface area contributed by atoms with Crippen LogP contribution in [0.2, 0.25) is 5.02 Å². The van der Waals surface area contributed by atoms with Crippen molar-refractivity contribution in [2.24, 2.45) is 0 Å². The minimum absolute atomic E-state index is 0.189. The number of rotatable bonds is 6. The van der Waals surface area contributed by atoms with E-state index in [-0.39, 0.29) is 18.2 Å². The first kappa shape index (κ1) is 17.7. The van der Waals surface area contributed by atoms with Gasteiger partial charge >= 0.3 is 0 Å². The molecule has 0 spiro atoms. The van der Waals surface area contributed by atoms with Crippen LogP contribution in [0.25, 0.3) is 0 Å². The Labute approximate surface area is 141 Å². The third kappa shape index (κ3) is 6.17. The van der Waals surface area contributed by atoms with Gasteiger partial charge in [0.25, 0.3) is 0 Å². The minimum Gasteiger partial charge on any atom is -0.379 e. The fraction of sp³-hybridized carbons (Fsp3) is 0.500. The van der Waals surface area contributed by atoms with Crippen LogP contribution in [0.5, 0.6) is 0 Å². The van der Waals surface area contributed by atoms with Crippen LogP contribution in [0.15, 0.2) is 18.2 Å². The highest BCUT2D eigenvalue weighted by Crippen LogP contribution is 2.19. The molecule has 126 valence electrons. The van der Waals surface area contributed by atoms with Crippen molar-refractivity contribution >= 4 is 29.1 Å². The monoisotopic (exact) mass is 339 g/mol. The van der Waals surface area contributed by atoms with Crippen molar-refractivity contribution in [2.75, 3.05) is 44.7 Å². The fourth-order valence-corrected chi connectivity index (χ4v) is 2.57. The molecule has 0 aromatic heterocycles. The van der Waals surface area contributed by atoms with E-state index in [1.54, 1.807) is 18.2 Å². The zero-order valence-corrected chi connectivity index (χ0v) is 14.0. The highest BCUT2D eigenvalue weighted by molar-refractivity contribution is 6.30. The highest BCUT2D eigenvalue weighted by atomic mass is 35.5. The van der Waals surface area contributed by atoms with Gasteiger partial charge in [-0.05, 0) is 30.7 Å². The van der Waals surface area contributed by atoms with Crippen molar-refractivity contribution in [1.29, 1.82) is 0 Å². The quantitative estimate of drug-likeness (QED) is 0.769. The molecule has 0 aliphatic carbocycles. The molecule has 1 aromatic rings. The standard InChI is InChI=1S/C16H22ClN3O3/c1-12-10-13(17)2-3-14(12)19-16(22)11-15(21)18-4-5-20-6-8-23-9-7-20/h2-3,10H,4-9,11H2,1H3,(H,18,21)(H,19,22).